The van der Waals surface area contributed by atoms with E-state index in [9.17, 15) is 9.59 Å². The highest BCUT2D eigenvalue weighted by Gasteiger charge is 2.44. The molecule has 5 nitrogen and oxygen atoms in total. The smallest absolute Gasteiger partial charge is 0.323 e. The normalized spacial score (nSPS) is 17.9. The molecule has 0 radical (unpaired) electrons. The molecule has 1 aromatic carbocycles. The van der Waals surface area contributed by atoms with Gasteiger partial charge in [-0.05, 0) is 31.7 Å². The Morgan fingerprint density at radius 1 is 1.30 bits per heavy atom. The Morgan fingerprint density at radius 2 is 1.95 bits per heavy atom. The monoisotopic (exact) mass is 276 g/mol. The van der Waals surface area contributed by atoms with Gasteiger partial charge < -0.3 is 10.4 Å². The summed E-state index contributed by atoms with van der Waals surface area (Å²) in [5, 5.41) is 14.9. The third-order valence-corrected chi connectivity index (χ3v) is 3.88. The number of carboxylic acids is 1. The molecule has 0 aliphatic heterocycles. The standard InChI is InChI=1S/C15H20N2O3/c1-11(12-6-3-2-4-7-12)17-13(18)10-16-15(14(19)20)8-5-9-15/h2-4,6-7,11,16H,5,8-10H2,1H3,(H,17,18)(H,19,20). The van der Waals surface area contributed by atoms with Crippen molar-refractivity contribution in [2.45, 2.75) is 37.8 Å². The average molecular weight is 276 g/mol. The molecular weight excluding hydrogens is 256 g/mol. The molecule has 1 fully saturated rings. The van der Waals surface area contributed by atoms with Crippen molar-refractivity contribution in [1.29, 1.82) is 0 Å². The van der Waals surface area contributed by atoms with Crippen molar-refractivity contribution in [3.63, 3.8) is 0 Å². The molecule has 1 amide bonds. The molecule has 1 atom stereocenters. The van der Waals surface area contributed by atoms with Crippen LogP contribution in [0.1, 0.15) is 37.8 Å². The highest BCUT2D eigenvalue weighted by Crippen LogP contribution is 2.31. The fourth-order valence-electron chi connectivity index (χ4n) is 2.36. The summed E-state index contributed by atoms with van der Waals surface area (Å²) < 4.78 is 0. The van der Waals surface area contributed by atoms with Gasteiger partial charge in [0.05, 0.1) is 12.6 Å². The third-order valence-electron chi connectivity index (χ3n) is 3.88. The molecule has 0 aromatic heterocycles. The highest BCUT2D eigenvalue weighted by atomic mass is 16.4. The molecule has 3 N–H and O–H groups in total. The van der Waals surface area contributed by atoms with Gasteiger partial charge in [-0.25, -0.2) is 0 Å². The molecule has 1 aliphatic rings. The van der Waals surface area contributed by atoms with Crippen molar-refractivity contribution in [1.82, 2.24) is 10.6 Å². The lowest BCUT2D eigenvalue weighted by Crippen LogP contribution is -2.59. The summed E-state index contributed by atoms with van der Waals surface area (Å²) in [7, 11) is 0. The minimum Gasteiger partial charge on any atom is -0.480 e. The number of carbonyl (C=O) groups is 2. The van der Waals surface area contributed by atoms with Crippen LogP contribution in [0.4, 0.5) is 0 Å². The molecule has 0 saturated heterocycles. The van der Waals surface area contributed by atoms with Crippen LogP contribution in [0.5, 0.6) is 0 Å². The molecule has 1 aromatic rings. The fourth-order valence-corrected chi connectivity index (χ4v) is 2.36. The number of amides is 1. The van der Waals surface area contributed by atoms with Crippen LogP contribution >= 0.6 is 0 Å². The van der Waals surface area contributed by atoms with Gasteiger partial charge in [-0.2, -0.15) is 0 Å². The van der Waals surface area contributed by atoms with E-state index in [0.717, 1.165) is 12.0 Å². The number of benzene rings is 1. The number of carboxylic acid groups (broad SMARTS) is 1. The van der Waals surface area contributed by atoms with E-state index < -0.39 is 11.5 Å². The highest BCUT2D eigenvalue weighted by molar-refractivity contribution is 5.83. The lowest BCUT2D eigenvalue weighted by atomic mass is 9.77. The zero-order chi connectivity index (χ0) is 14.6. The van der Waals surface area contributed by atoms with E-state index in [1.807, 2.05) is 37.3 Å². The minimum atomic E-state index is -0.896. The zero-order valence-corrected chi connectivity index (χ0v) is 11.6. The topological polar surface area (TPSA) is 78.4 Å². The average Bonchev–Trinajstić information content (AvgIpc) is 2.38. The molecule has 0 heterocycles. The SMILES string of the molecule is CC(NC(=O)CNC1(C(=O)O)CCC1)c1ccccc1. The summed E-state index contributed by atoms with van der Waals surface area (Å²) in [4.78, 5) is 23.0. The van der Waals surface area contributed by atoms with Gasteiger partial charge in [-0.15, -0.1) is 0 Å². The summed E-state index contributed by atoms with van der Waals surface area (Å²) >= 11 is 0. The van der Waals surface area contributed by atoms with Crippen LogP contribution < -0.4 is 10.6 Å². The first-order valence-corrected chi connectivity index (χ1v) is 6.86. The van der Waals surface area contributed by atoms with Crippen LogP contribution in [-0.4, -0.2) is 29.1 Å². The van der Waals surface area contributed by atoms with Crippen molar-refractivity contribution in [3.8, 4) is 0 Å². The molecule has 20 heavy (non-hydrogen) atoms. The quantitative estimate of drug-likeness (QED) is 0.735. The molecule has 0 spiro atoms. The van der Waals surface area contributed by atoms with E-state index in [1.165, 1.54) is 0 Å². The first kappa shape index (κ1) is 14.5. The maximum atomic E-state index is 11.9. The van der Waals surface area contributed by atoms with E-state index >= 15 is 0 Å². The second-order valence-electron chi connectivity index (χ2n) is 5.29. The van der Waals surface area contributed by atoms with Crippen LogP contribution in [0.3, 0.4) is 0 Å². The van der Waals surface area contributed by atoms with Gasteiger partial charge in [-0.3, -0.25) is 14.9 Å². The molecule has 2 rings (SSSR count). The van der Waals surface area contributed by atoms with Crippen LogP contribution in [0.15, 0.2) is 30.3 Å². The molecule has 1 unspecified atom stereocenters. The first-order chi connectivity index (χ1) is 9.53. The molecular formula is C15H20N2O3. The Balaban J connectivity index is 1.82. The Labute approximate surface area is 118 Å². The summed E-state index contributed by atoms with van der Waals surface area (Å²) in [6.07, 6.45) is 2.06. The van der Waals surface area contributed by atoms with E-state index in [4.69, 9.17) is 5.11 Å². The van der Waals surface area contributed by atoms with Crippen LogP contribution in [0.25, 0.3) is 0 Å². The fraction of sp³-hybridized carbons (Fsp3) is 0.467. The molecule has 1 saturated carbocycles. The summed E-state index contributed by atoms with van der Waals surface area (Å²) in [6.45, 7) is 1.94. The van der Waals surface area contributed by atoms with Gasteiger partial charge in [0.1, 0.15) is 5.54 Å². The number of hydrogen-bond acceptors (Lipinski definition) is 3. The molecule has 0 bridgehead atoms. The lowest BCUT2D eigenvalue weighted by molar-refractivity contribution is -0.149. The second kappa shape index (κ2) is 6.05. The summed E-state index contributed by atoms with van der Waals surface area (Å²) in [5.74, 6) is -1.05. The number of rotatable bonds is 6. The van der Waals surface area contributed by atoms with Crippen LogP contribution in [-0.2, 0) is 9.59 Å². The van der Waals surface area contributed by atoms with Crippen molar-refractivity contribution in [2.75, 3.05) is 6.54 Å². The minimum absolute atomic E-state index is 0.0312. The van der Waals surface area contributed by atoms with E-state index in [1.54, 1.807) is 0 Å². The number of nitrogens with one attached hydrogen (secondary N) is 2. The van der Waals surface area contributed by atoms with Crippen molar-refractivity contribution < 1.29 is 14.7 Å². The Morgan fingerprint density at radius 3 is 2.45 bits per heavy atom. The van der Waals surface area contributed by atoms with Gasteiger partial charge >= 0.3 is 5.97 Å². The van der Waals surface area contributed by atoms with Crippen molar-refractivity contribution in [3.05, 3.63) is 35.9 Å². The van der Waals surface area contributed by atoms with E-state index in [-0.39, 0.29) is 18.5 Å². The van der Waals surface area contributed by atoms with Gasteiger partial charge in [0.15, 0.2) is 0 Å². The summed E-state index contributed by atoms with van der Waals surface area (Å²) in [5.41, 5.74) is 0.130. The molecule has 108 valence electrons. The molecule has 1 aliphatic carbocycles. The van der Waals surface area contributed by atoms with Crippen LogP contribution in [0.2, 0.25) is 0 Å². The van der Waals surface area contributed by atoms with Gasteiger partial charge in [0.2, 0.25) is 5.91 Å². The predicted octanol–water partition coefficient (Wildman–Crippen LogP) is 1.46. The van der Waals surface area contributed by atoms with Crippen molar-refractivity contribution >= 4 is 11.9 Å². The third kappa shape index (κ3) is 3.17. The maximum absolute atomic E-state index is 11.9. The predicted molar refractivity (Wildman–Crippen MR) is 75.2 cm³/mol. The second-order valence-corrected chi connectivity index (χ2v) is 5.29. The number of carbonyl (C=O) groups excluding carboxylic acids is 1. The van der Waals surface area contributed by atoms with Gasteiger partial charge in [0, 0.05) is 0 Å². The number of aliphatic carboxylic acids is 1. The maximum Gasteiger partial charge on any atom is 0.323 e. The zero-order valence-electron chi connectivity index (χ0n) is 11.6. The largest absolute Gasteiger partial charge is 0.480 e. The number of hydrogen-bond donors (Lipinski definition) is 3. The van der Waals surface area contributed by atoms with Crippen LogP contribution in [0, 0.1) is 0 Å². The Bertz CT molecular complexity index is 483. The summed E-state index contributed by atoms with van der Waals surface area (Å²) in [6, 6.07) is 9.57. The Kier molecular flexibility index (Phi) is 4.39. The van der Waals surface area contributed by atoms with Gasteiger partial charge in [0.25, 0.3) is 0 Å². The first-order valence-electron chi connectivity index (χ1n) is 6.86. The van der Waals surface area contributed by atoms with E-state index in [2.05, 4.69) is 10.6 Å². The molecule has 5 heteroatoms. The lowest BCUT2D eigenvalue weighted by Gasteiger charge is -2.38. The van der Waals surface area contributed by atoms with Crippen molar-refractivity contribution in [2.24, 2.45) is 0 Å². The van der Waals surface area contributed by atoms with E-state index in [0.29, 0.717) is 12.8 Å². The Hall–Kier alpha value is -1.88. The van der Waals surface area contributed by atoms with Gasteiger partial charge in [-0.1, -0.05) is 30.3 Å².